The average Bonchev–Trinajstić information content (AvgIpc) is 2.81. The number of aldehydes is 1. The van der Waals surface area contributed by atoms with Crippen LogP contribution in [0.5, 0.6) is 5.75 Å². The van der Waals surface area contributed by atoms with Crippen molar-refractivity contribution in [2.75, 3.05) is 12.4 Å². The summed E-state index contributed by atoms with van der Waals surface area (Å²) in [6, 6.07) is 6.98. The van der Waals surface area contributed by atoms with Crippen LogP contribution in [0, 0.1) is 6.92 Å². The zero-order valence-corrected chi connectivity index (χ0v) is 10.6. The van der Waals surface area contributed by atoms with E-state index in [1.807, 2.05) is 0 Å². The average molecular weight is 264 g/mol. The zero-order valence-electron chi connectivity index (χ0n) is 9.83. The molecule has 1 aromatic carbocycles. The van der Waals surface area contributed by atoms with E-state index in [1.165, 1.54) is 11.8 Å². The fourth-order valence-corrected chi connectivity index (χ4v) is 1.89. The van der Waals surface area contributed by atoms with Crippen molar-refractivity contribution in [2.45, 2.75) is 12.1 Å². The van der Waals surface area contributed by atoms with Crippen LogP contribution >= 0.6 is 11.8 Å². The van der Waals surface area contributed by atoms with Crippen molar-refractivity contribution in [3.63, 3.8) is 0 Å². The molecule has 2 aromatic rings. The first-order valence-electron chi connectivity index (χ1n) is 5.39. The Morgan fingerprint density at radius 3 is 2.72 bits per heavy atom. The lowest BCUT2D eigenvalue weighted by molar-refractivity contribution is 0.112. The third kappa shape index (κ3) is 3.59. The Kier molecular flexibility index (Phi) is 4.35. The standard InChI is InChI=1S/C12H12N2O3S/c1-9-13-14-12(17-9)18-7-6-16-11-4-2-10(8-15)3-5-11/h2-5,8H,6-7H2,1H3. The molecule has 0 unspecified atom stereocenters. The molecular formula is C12H12N2O3S. The summed E-state index contributed by atoms with van der Waals surface area (Å²) in [5.41, 5.74) is 0.637. The van der Waals surface area contributed by atoms with E-state index in [1.54, 1.807) is 31.2 Å². The molecule has 0 aliphatic rings. The predicted molar refractivity (Wildman–Crippen MR) is 67.1 cm³/mol. The molecule has 0 radical (unpaired) electrons. The molecule has 0 amide bonds. The molecule has 6 heteroatoms. The van der Waals surface area contributed by atoms with Crippen LogP contribution in [0.4, 0.5) is 0 Å². The molecule has 0 fully saturated rings. The summed E-state index contributed by atoms with van der Waals surface area (Å²) >= 11 is 1.45. The number of thioether (sulfide) groups is 1. The van der Waals surface area contributed by atoms with E-state index in [0.717, 1.165) is 17.8 Å². The molecule has 18 heavy (non-hydrogen) atoms. The van der Waals surface area contributed by atoms with Gasteiger partial charge < -0.3 is 9.15 Å². The Morgan fingerprint density at radius 1 is 1.33 bits per heavy atom. The number of carbonyl (C=O) groups is 1. The maximum Gasteiger partial charge on any atom is 0.276 e. The molecule has 0 N–H and O–H groups in total. The van der Waals surface area contributed by atoms with Gasteiger partial charge in [-0.2, -0.15) is 0 Å². The normalized spacial score (nSPS) is 10.3. The molecule has 0 aliphatic carbocycles. The van der Waals surface area contributed by atoms with Crippen molar-refractivity contribution >= 4 is 18.0 Å². The highest BCUT2D eigenvalue weighted by Crippen LogP contribution is 2.16. The van der Waals surface area contributed by atoms with Crippen LogP contribution < -0.4 is 4.74 Å². The minimum Gasteiger partial charge on any atom is -0.493 e. The fraction of sp³-hybridized carbons (Fsp3) is 0.250. The number of aromatic nitrogens is 2. The second kappa shape index (κ2) is 6.20. The molecule has 94 valence electrons. The molecule has 0 saturated heterocycles. The van der Waals surface area contributed by atoms with Gasteiger partial charge in [-0.25, -0.2) is 0 Å². The topological polar surface area (TPSA) is 65.2 Å². The van der Waals surface area contributed by atoms with Gasteiger partial charge in [0.25, 0.3) is 5.22 Å². The molecule has 0 saturated carbocycles. The number of ether oxygens (including phenoxy) is 1. The first kappa shape index (κ1) is 12.6. The third-order valence-electron chi connectivity index (χ3n) is 2.10. The van der Waals surface area contributed by atoms with Gasteiger partial charge in [-0.3, -0.25) is 4.79 Å². The van der Waals surface area contributed by atoms with Gasteiger partial charge in [-0.1, -0.05) is 11.8 Å². The van der Waals surface area contributed by atoms with Gasteiger partial charge in [-0.05, 0) is 24.3 Å². The van der Waals surface area contributed by atoms with Crippen LogP contribution in [0.2, 0.25) is 0 Å². The minimum absolute atomic E-state index is 0.534. The van der Waals surface area contributed by atoms with Crippen LogP contribution in [0.3, 0.4) is 0 Å². The van der Waals surface area contributed by atoms with Gasteiger partial charge in [0.05, 0.1) is 6.61 Å². The van der Waals surface area contributed by atoms with Crippen LogP contribution in [0.25, 0.3) is 0 Å². The highest BCUT2D eigenvalue weighted by molar-refractivity contribution is 7.99. The summed E-state index contributed by atoms with van der Waals surface area (Å²) in [6.45, 7) is 2.29. The number of rotatable bonds is 6. The number of aryl methyl sites for hydroxylation is 1. The predicted octanol–water partition coefficient (Wildman–Crippen LogP) is 2.36. The lowest BCUT2D eigenvalue weighted by Gasteiger charge is -2.04. The Bertz CT molecular complexity index is 510. The molecule has 0 aliphatic heterocycles. The Balaban J connectivity index is 1.73. The first-order valence-corrected chi connectivity index (χ1v) is 6.37. The lowest BCUT2D eigenvalue weighted by Crippen LogP contribution is -2.00. The Hall–Kier alpha value is -1.82. The summed E-state index contributed by atoms with van der Waals surface area (Å²) in [6.07, 6.45) is 0.803. The van der Waals surface area contributed by atoms with Crippen molar-refractivity contribution in [3.05, 3.63) is 35.7 Å². The van der Waals surface area contributed by atoms with Crippen molar-refractivity contribution in [3.8, 4) is 5.75 Å². The van der Waals surface area contributed by atoms with E-state index in [2.05, 4.69) is 10.2 Å². The number of nitrogens with zero attached hydrogens (tertiary/aromatic N) is 2. The third-order valence-corrected chi connectivity index (χ3v) is 2.88. The second-order valence-electron chi connectivity index (χ2n) is 3.47. The van der Waals surface area contributed by atoms with Gasteiger partial charge in [0.15, 0.2) is 0 Å². The van der Waals surface area contributed by atoms with Crippen LogP contribution in [-0.4, -0.2) is 28.8 Å². The molecule has 2 rings (SSSR count). The monoisotopic (exact) mass is 264 g/mol. The van der Waals surface area contributed by atoms with Crippen molar-refractivity contribution < 1.29 is 13.9 Å². The zero-order chi connectivity index (χ0) is 12.8. The molecule has 1 heterocycles. The van der Waals surface area contributed by atoms with Gasteiger partial charge in [0.1, 0.15) is 12.0 Å². The number of hydrogen-bond acceptors (Lipinski definition) is 6. The fourth-order valence-electron chi connectivity index (χ4n) is 1.27. The molecular weight excluding hydrogens is 252 g/mol. The van der Waals surface area contributed by atoms with Crippen LogP contribution in [0.15, 0.2) is 33.9 Å². The van der Waals surface area contributed by atoms with E-state index >= 15 is 0 Å². The summed E-state index contributed by atoms with van der Waals surface area (Å²) in [4.78, 5) is 10.5. The molecule has 0 bridgehead atoms. The van der Waals surface area contributed by atoms with E-state index in [4.69, 9.17) is 9.15 Å². The van der Waals surface area contributed by atoms with E-state index in [0.29, 0.717) is 23.3 Å². The number of benzene rings is 1. The maximum atomic E-state index is 10.5. The van der Waals surface area contributed by atoms with Gasteiger partial charge in [0.2, 0.25) is 5.89 Å². The molecule has 0 spiro atoms. The quantitative estimate of drug-likeness (QED) is 0.453. The van der Waals surface area contributed by atoms with E-state index in [-0.39, 0.29) is 0 Å². The molecule has 1 aromatic heterocycles. The van der Waals surface area contributed by atoms with Gasteiger partial charge in [-0.15, -0.1) is 10.2 Å². The summed E-state index contributed by atoms with van der Waals surface area (Å²) in [5.74, 6) is 2.02. The molecule has 0 atom stereocenters. The Labute approximate surface area is 109 Å². The largest absolute Gasteiger partial charge is 0.493 e. The maximum absolute atomic E-state index is 10.5. The summed E-state index contributed by atoms with van der Waals surface area (Å²) in [7, 11) is 0. The SMILES string of the molecule is Cc1nnc(SCCOc2ccc(C=O)cc2)o1. The number of hydrogen-bond donors (Lipinski definition) is 0. The Morgan fingerprint density at radius 2 is 2.11 bits per heavy atom. The van der Waals surface area contributed by atoms with Crippen molar-refractivity contribution in [1.82, 2.24) is 10.2 Å². The first-order chi connectivity index (χ1) is 8.78. The van der Waals surface area contributed by atoms with Crippen LogP contribution in [0.1, 0.15) is 16.2 Å². The highest BCUT2D eigenvalue weighted by atomic mass is 32.2. The van der Waals surface area contributed by atoms with E-state index < -0.39 is 0 Å². The molecule has 5 nitrogen and oxygen atoms in total. The lowest BCUT2D eigenvalue weighted by atomic mass is 10.2. The summed E-state index contributed by atoms with van der Waals surface area (Å²) in [5, 5.41) is 8.14. The number of carbonyl (C=O) groups excluding carboxylic acids is 1. The van der Waals surface area contributed by atoms with Gasteiger partial charge >= 0.3 is 0 Å². The van der Waals surface area contributed by atoms with Crippen molar-refractivity contribution in [2.24, 2.45) is 0 Å². The smallest absolute Gasteiger partial charge is 0.276 e. The van der Waals surface area contributed by atoms with Crippen molar-refractivity contribution in [1.29, 1.82) is 0 Å². The second-order valence-corrected chi connectivity index (χ2v) is 4.52. The van der Waals surface area contributed by atoms with Gasteiger partial charge in [0, 0.05) is 18.2 Å². The van der Waals surface area contributed by atoms with Crippen LogP contribution in [-0.2, 0) is 0 Å². The summed E-state index contributed by atoms with van der Waals surface area (Å²) < 4.78 is 10.7. The minimum atomic E-state index is 0.534. The van der Waals surface area contributed by atoms with E-state index in [9.17, 15) is 4.79 Å². The highest BCUT2D eigenvalue weighted by Gasteiger charge is 2.02.